The largest absolute Gasteiger partial charge is 0.384 e. The zero-order valence-corrected chi connectivity index (χ0v) is 13.2. The second-order valence-electron chi connectivity index (χ2n) is 5.14. The van der Waals surface area contributed by atoms with Gasteiger partial charge in [-0.15, -0.1) is 0 Å². The third kappa shape index (κ3) is 3.34. The molecule has 1 aromatic carbocycles. The van der Waals surface area contributed by atoms with Crippen molar-refractivity contribution in [3.05, 3.63) is 57.7 Å². The topological polar surface area (TPSA) is 66.0 Å². The van der Waals surface area contributed by atoms with Crippen molar-refractivity contribution in [1.29, 1.82) is 5.41 Å². The van der Waals surface area contributed by atoms with E-state index in [4.69, 9.17) is 22.7 Å². The molecule has 0 spiro atoms. The Labute approximate surface area is 130 Å². The van der Waals surface area contributed by atoms with E-state index in [2.05, 4.69) is 4.98 Å². The molecular formula is C16H19ClN4. The fourth-order valence-corrected chi connectivity index (χ4v) is 2.58. The maximum atomic E-state index is 7.79. The van der Waals surface area contributed by atoms with E-state index in [-0.39, 0.29) is 5.84 Å². The van der Waals surface area contributed by atoms with Gasteiger partial charge in [-0.1, -0.05) is 29.8 Å². The predicted molar refractivity (Wildman–Crippen MR) is 88.3 cm³/mol. The molecule has 0 saturated heterocycles. The van der Waals surface area contributed by atoms with Crippen molar-refractivity contribution in [2.45, 2.75) is 20.4 Å². The highest BCUT2D eigenvalue weighted by molar-refractivity contribution is 6.31. The van der Waals surface area contributed by atoms with Crippen LogP contribution in [0.15, 0.2) is 30.3 Å². The first-order valence-corrected chi connectivity index (χ1v) is 7.05. The zero-order chi connectivity index (χ0) is 15.6. The van der Waals surface area contributed by atoms with Gasteiger partial charge >= 0.3 is 0 Å². The highest BCUT2D eigenvalue weighted by Gasteiger charge is 2.16. The second kappa shape index (κ2) is 6.14. The van der Waals surface area contributed by atoms with Crippen LogP contribution >= 0.6 is 11.6 Å². The summed E-state index contributed by atoms with van der Waals surface area (Å²) < 4.78 is 0. The fourth-order valence-electron chi connectivity index (χ4n) is 2.38. The van der Waals surface area contributed by atoms with E-state index >= 15 is 0 Å². The van der Waals surface area contributed by atoms with Crippen LogP contribution < -0.4 is 10.6 Å². The molecule has 5 heteroatoms. The Morgan fingerprint density at radius 3 is 2.62 bits per heavy atom. The first-order chi connectivity index (χ1) is 9.90. The van der Waals surface area contributed by atoms with E-state index in [0.717, 1.165) is 21.8 Å². The van der Waals surface area contributed by atoms with Gasteiger partial charge < -0.3 is 10.6 Å². The molecule has 0 aliphatic heterocycles. The van der Waals surface area contributed by atoms with Crippen molar-refractivity contribution in [2.75, 3.05) is 11.9 Å². The Kier molecular flexibility index (Phi) is 4.48. The lowest BCUT2D eigenvalue weighted by Crippen LogP contribution is -2.24. The zero-order valence-electron chi connectivity index (χ0n) is 12.4. The third-order valence-electron chi connectivity index (χ3n) is 3.32. The molecule has 0 aliphatic rings. The average Bonchev–Trinajstić information content (AvgIpc) is 2.39. The van der Waals surface area contributed by atoms with E-state index in [1.807, 2.05) is 56.1 Å². The normalized spacial score (nSPS) is 10.5. The van der Waals surface area contributed by atoms with Gasteiger partial charge in [-0.25, -0.2) is 4.98 Å². The number of amidine groups is 1. The molecule has 21 heavy (non-hydrogen) atoms. The summed E-state index contributed by atoms with van der Waals surface area (Å²) in [5.41, 5.74) is 9.26. The molecule has 0 radical (unpaired) electrons. The van der Waals surface area contributed by atoms with Crippen molar-refractivity contribution in [2.24, 2.45) is 5.73 Å². The number of aromatic nitrogens is 1. The number of nitrogens with one attached hydrogen (secondary N) is 1. The van der Waals surface area contributed by atoms with Gasteiger partial charge in [-0.3, -0.25) is 5.41 Å². The lowest BCUT2D eigenvalue weighted by Gasteiger charge is -2.23. The number of hydrogen-bond acceptors (Lipinski definition) is 3. The van der Waals surface area contributed by atoms with Gasteiger partial charge in [0.1, 0.15) is 11.7 Å². The number of hydrogen-bond donors (Lipinski definition) is 2. The minimum Gasteiger partial charge on any atom is -0.384 e. The number of nitrogens with two attached hydrogens (primary N) is 1. The molecule has 0 unspecified atom stereocenters. The number of halogens is 1. The fraction of sp³-hybridized carbons (Fsp3) is 0.250. The minimum absolute atomic E-state index is 0.0287. The molecule has 4 nitrogen and oxygen atoms in total. The maximum Gasteiger partial charge on any atom is 0.140 e. The van der Waals surface area contributed by atoms with Crippen LogP contribution in [0, 0.1) is 19.3 Å². The van der Waals surface area contributed by atoms with E-state index in [1.54, 1.807) is 0 Å². The molecule has 0 saturated carbocycles. The molecule has 0 aliphatic carbocycles. The number of benzene rings is 1. The van der Waals surface area contributed by atoms with Crippen molar-refractivity contribution >= 4 is 23.3 Å². The van der Waals surface area contributed by atoms with Crippen molar-refractivity contribution in [1.82, 2.24) is 4.98 Å². The highest BCUT2D eigenvalue weighted by atomic mass is 35.5. The summed E-state index contributed by atoms with van der Waals surface area (Å²) in [7, 11) is 1.93. The SMILES string of the molecule is Cc1cc(C)c(C(=N)N)c(N(C)Cc2ccccc2Cl)n1. The van der Waals surface area contributed by atoms with Gasteiger partial charge in [0.2, 0.25) is 0 Å². The van der Waals surface area contributed by atoms with E-state index in [1.165, 1.54) is 0 Å². The molecule has 2 rings (SSSR count). The summed E-state index contributed by atoms with van der Waals surface area (Å²) in [6.07, 6.45) is 0. The van der Waals surface area contributed by atoms with E-state index < -0.39 is 0 Å². The minimum atomic E-state index is 0.0287. The number of aryl methyl sites for hydroxylation is 2. The van der Waals surface area contributed by atoms with Crippen LogP contribution in [-0.4, -0.2) is 17.9 Å². The van der Waals surface area contributed by atoms with Crippen molar-refractivity contribution in [3.63, 3.8) is 0 Å². The Morgan fingerprint density at radius 2 is 2.00 bits per heavy atom. The predicted octanol–water partition coefficient (Wildman–Crippen LogP) is 3.27. The van der Waals surface area contributed by atoms with Crippen LogP contribution in [-0.2, 0) is 6.54 Å². The number of nitrogens with zero attached hydrogens (tertiary/aromatic N) is 2. The molecule has 0 bridgehead atoms. The van der Waals surface area contributed by atoms with E-state index in [0.29, 0.717) is 17.9 Å². The number of anilines is 1. The molecule has 0 atom stereocenters. The smallest absolute Gasteiger partial charge is 0.140 e. The van der Waals surface area contributed by atoms with E-state index in [9.17, 15) is 0 Å². The third-order valence-corrected chi connectivity index (χ3v) is 3.69. The summed E-state index contributed by atoms with van der Waals surface area (Å²) in [5.74, 6) is 0.737. The monoisotopic (exact) mass is 302 g/mol. The second-order valence-corrected chi connectivity index (χ2v) is 5.55. The van der Waals surface area contributed by atoms with Crippen LogP contribution in [0.5, 0.6) is 0 Å². The van der Waals surface area contributed by atoms with Crippen LogP contribution in [0.1, 0.15) is 22.4 Å². The Hall–Kier alpha value is -2.07. The number of rotatable bonds is 4. The molecule has 0 amide bonds. The first-order valence-electron chi connectivity index (χ1n) is 6.67. The Morgan fingerprint density at radius 1 is 1.33 bits per heavy atom. The van der Waals surface area contributed by atoms with Crippen LogP contribution in [0.4, 0.5) is 5.82 Å². The van der Waals surface area contributed by atoms with Crippen LogP contribution in [0.3, 0.4) is 0 Å². The van der Waals surface area contributed by atoms with Gasteiger partial charge in [-0.05, 0) is 37.1 Å². The Balaban J connectivity index is 2.41. The highest BCUT2D eigenvalue weighted by Crippen LogP contribution is 2.24. The van der Waals surface area contributed by atoms with Gasteiger partial charge in [0.15, 0.2) is 0 Å². The summed E-state index contributed by atoms with van der Waals surface area (Å²) in [4.78, 5) is 6.51. The first kappa shape index (κ1) is 15.3. The quantitative estimate of drug-likeness (QED) is 0.673. The molecular weight excluding hydrogens is 284 g/mol. The summed E-state index contributed by atoms with van der Waals surface area (Å²) >= 11 is 6.21. The number of nitrogen functional groups attached to an aromatic ring is 1. The Bertz CT molecular complexity index is 682. The molecule has 2 aromatic rings. The standard InChI is InChI=1S/C16H19ClN4/c1-10-8-11(2)20-16(14(10)15(18)19)21(3)9-12-6-4-5-7-13(12)17/h4-8H,9H2,1-3H3,(H3,18,19). The van der Waals surface area contributed by atoms with Gasteiger partial charge in [0.05, 0.1) is 5.56 Å². The molecule has 1 heterocycles. The molecule has 1 aromatic heterocycles. The maximum absolute atomic E-state index is 7.79. The summed E-state index contributed by atoms with van der Waals surface area (Å²) in [5, 5.41) is 8.51. The lowest BCUT2D eigenvalue weighted by atomic mass is 10.1. The molecule has 110 valence electrons. The van der Waals surface area contributed by atoms with Crippen LogP contribution in [0.25, 0.3) is 0 Å². The van der Waals surface area contributed by atoms with Gasteiger partial charge in [0, 0.05) is 24.3 Å². The van der Waals surface area contributed by atoms with Crippen LogP contribution in [0.2, 0.25) is 5.02 Å². The molecule has 3 N–H and O–H groups in total. The summed E-state index contributed by atoms with van der Waals surface area (Å²) in [6.45, 7) is 4.48. The van der Waals surface area contributed by atoms with Crippen molar-refractivity contribution < 1.29 is 0 Å². The average molecular weight is 303 g/mol. The number of pyridine rings is 1. The lowest BCUT2D eigenvalue weighted by molar-refractivity contribution is 0.887. The molecule has 0 fully saturated rings. The van der Waals surface area contributed by atoms with Gasteiger partial charge in [-0.2, -0.15) is 0 Å². The van der Waals surface area contributed by atoms with Crippen molar-refractivity contribution in [3.8, 4) is 0 Å². The summed E-state index contributed by atoms with van der Waals surface area (Å²) in [6, 6.07) is 9.64. The van der Waals surface area contributed by atoms with Gasteiger partial charge in [0.25, 0.3) is 0 Å².